The second-order valence-corrected chi connectivity index (χ2v) is 7.32. The number of carbonyl (C=O) groups excluding carboxylic acids is 1. The number of hydrogen-bond acceptors (Lipinski definition) is 3. The van der Waals surface area contributed by atoms with Gasteiger partial charge in [-0.15, -0.1) is 0 Å². The van der Waals surface area contributed by atoms with Gasteiger partial charge in [0.1, 0.15) is 17.5 Å². The molecule has 4 nitrogen and oxygen atoms in total. The van der Waals surface area contributed by atoms with Crippen LogP contribution in [0.25, 0.3) is 11.1 Å². The zero-order valence-electron chi connectivity index (χ0n) is 16.1. The number of likely N-dealkylation sites (tertiary alicyclic amines) is 1. The van der Waals surface area contributed by atoms with Crippen molar-refractivity contribution >= 4 is 5.91 Å². The molecule has 2 aromatic carbocycles. The molecule has 2 heterocycles. The summed E-state index contributed by atoms with van der Waals surface area (Å²) in [7, 11) is 0. The molecule has 148 valence electrons. The van der Waals surface area contributed by atoms with Crippen LogP contribution in [0, 0.1) is 18.6 Å². The average Bonchev–Trinajstić information content (AvgIpc) is 2.74. The summed E-state index contributed by atoms with van der Waals surface area (Å²) in [5.74, 6) is -0.0536. The van der Waals surface area contributed by atoms with Gasteiger partial charge < -0.3 is 4.90 Å². The minimum Gasteiger partial charge on any atom is -0.338 e. The van der Waals surface area contributed by atoms with Crippen molar-refractivity contribution < 1.29 is 13.6 Å². The maximum absolute atomic E-state index is 13.3. The third kappa shape index (κ3) is 4.16. The molecule has 1 amide bonds. The molecule has 1 aromatic heterocycles. The van der Waals surface area contributed by atoms with Crippen LogP contribution in [0.4, 0.5) is 8.78 Å². The Kier molecular flexibility index (Phi) is 5.34. The van der Waals surface area contributed by atoms with E-state index in [1.807, 2.05) is 6.92 Å². The van der Waals surface area contributed by atoms with E-state index in [0.717, 1.165) is 29.7 Å². The van der Waals surface area contributed by atoms with E-state index in [1.54, 1.807) is 23.2 Å². The Morgan fingerprint density at radius 3 is 2.38 bits per heavy atom. The molecule has 0 N–H and O–H groups in total. The number of benzene rings is 2. The van der Waals surface area contributed by atoms with Crippen LogP contribution in [0.15, 0.2) is 54.7 Å². The Bertz CT molecular complexity index is 1020. The fourth-order valence-electron chi connectivity index (χ4n) is 3.81. The Hall–Kier alpha value is -3.15. The lowest BCUT2D eigenvalue weighted by molar-refractivity contribution is 0.0706. The van der Waals surface area contributed by atoms with Gasteiger partial charge in [-0.1, -0.05) is 12.1 Å². The summed E-state index contributed by atoms with van der Waals surface area (Å²) < 4.78 is 26.5. The number of aromatic nitrogens is 2. The quantitative estimate of drug-likeness (QED) is 0.645. The normalized spacial score (nSPS) is 16.7. The summed E-state index contributed by atoms with van der Waals surface area (Å²) in [6, 6.07) is 11.9. The lowest BCUT2D eigenvalue weighted by Crippen LogP contribution is -2.39. The number of aryl methyl sites for hydroxylation is 1. The van der Waals surface area contributed by atoms with Gasteiger partial charge in [0, 0.05) is 36.3 Å². The van der Waals surface area contributed by atoms with Crippen molar-refractivity contribution in [3.05, 3.63) is 83.4 Å². The summed E-state index contributed by atoms with van der Waals surface area (Å²) in [5.41, 5.74) is 3.06. The van der Waals surface area contributed by atoms with Gasteiger partial charge in [-0.2, -0.15) is 0 Å². The molecule has 0 aliphatic carbocycles. The molecule has 0 radical (unpaired) electrons. The van der Waals surface area contributed by atoms with E-state index in [4.69, 9.17) is 0 Å². The van der Waals surface area contributed by atoms with Gasteiger partial charge in [0.15, 0.2) is 0 Å². The van der Waals surface area contributed by atoms with Crippen LogP contribution in [0.2, 0.25) is 0 Å². The zero-order chi connectivity index (χ0) is 20.4. The molecular weight excluding hydrogens is 372 g/mol. The van der Waals surface area contributed by atoms with Crippen molar-refractivity contribution in [3.8, 4) is 11.1 Å². The molecule has 0 bridgehead atoms. The second kappa shape index (κ2) is 8.07. The summed E-state index contributed by atoms with van der Waals surface area (Å²) in [4.78, 5) is 23.7. The third-order valence-corrected chi connectivity index (χ3v) is 5.28. The highest BCUT2D eigenvalue weighted by Crippen LogP contribution is 2.33. The topological polar surface area (TPSA) is 46.1 Å². The van der Waals surface area contributed by atoms with E-state index in [9.17, 15) is 13.6 Å². The molecule has 29 heavy (non-hydrogen) atoms. The number of halogens is 2. The monoisotopic (exact) mass is 393 g/mol. The van der Waals surface area contributed by atoms with Crippen LogP contribution in [0.1, 0.15) is 40.6 Å². The molecule has 3 aromatic rings. The Morgan fingerprint density at radius 2 is 1.69 bits per heavy atom. The smallest absolute Gasteiger partial charge is 0.253 e. The minimum atomic E-state index is -0.363. The molecule has 1 aliphatic rings. The Balaban J connectivity index is 1.63. The Labute approximate surface area is 168 Å². The van der Waals surface area contributed by atoms with E-state index >= 15 is 0 Å². The van der Waals surface area contributed by atoms with Gasteiger partial charge in [0.2, 0.25) is 0 Å². The number of hydrogen-bond donors (Lipinski definition) is 0. The van der Waals surface area contributed by atoms with Gasteiger partial charge in [-0.25, -0.2) is 18.7 Å². The van der Waals surface area contributed by atoms with Gasteiger partial charge >= 0.3 is 0 Å². The molecular formula is C23H21F2N3O. The first-order valence-electron chi connectivity index (χ1n) is 9.65. The van der Waals surface area contributed by atoms with Crippen molar-refractivity contribution in [2.45, 2.75) is 25.7 Å². The van der Waals surface area contributed by atoms with E-state index in [2.05, 4.69) is 9.97 Å². The van der Waals surface area contributed by atoms with Crippen LogP contribution in [-0.2, 0) is 0 Å². The highest BCUT2D eigenvalue weighted by atomic mass is 19.1. The number of nitrogens with zero attached hydrogens (tertiary/aromatic N) is 3. The number of carbonyl (C=O) groups is 1. The van der Waals surface area contributed by atoms with Crippen molar-refractivity contribution in [2.24, 2.45) is 0 Å². The maximum atomic E-state index is 13.3. The molecule has 1 atom stereocenters. The summed E-state index contributed by atoms with van der Waals surface area (Å²) in [5, 5.41) is 0. The van der Waals surface area contributed by atoms with Crippen molar-refractivity contribution in [1.82, 2.24) is 14.9 Å². The Morgan fingerprint density at radius 1 is 1.03 bits per heavy atom. The molecule has 1 saturated heterocycles. The molecule has 1 aliphatic heterocycles. The van der Waals surface area contributed by atoms with Crippen molar-refractivity contribution in [2.75, 3.05) is 13.1 Å². The fourth-order valence-corrected chi connectivity index (χ4v) is 3.81. The zero-order valence-corrected chi connectivity index (χ0v) is 16.1. The van der Waals surface area contributed by atoms with E-state index < -0.39 is 0 Å². The van der Waals surface area contributed by atoms with Crippen LogP contribution < -0.4 is 0 Å². The highest BCUT2D eigenvalue weighted by Gasteiger charge is 2.28. The first-order chi connectivity index (χ1) is 14.0. The van der Waals surface area contributed by atoms with Crippen molar-refractivity contribution in [1.29, 1.82) is 0 Å². The van der Waals surface area contributed by atoms with Gasteiger partial charge in [-0.3, -0.25) is 4.79 Å². The number of rotatable bonds is 3. The third-order valence-electron chi connectivity index (χ3n) is 5.28. The molecule has 1 fully saturated rings. The lowest BCUT2D eigenvalue weighted by Gasteiger charge is -2.33. The van der Waals surface area contributed by atoms with Gasteiger partial charge in [0.05, 0.1) is 5.69 Å². The molecule has 0 saturated carbocycles. The van der Waals surface area contributed by atoms with Crippen LogP contribution in [0.3, 0.4) is 0 Å². The second-order valence-electron chi connectivity index (χ2n) is 7.32. The van der Waals surface area contributed by atoms with Crippen LogP contribution >= 0.6 is 0 Å². The predicted octanol–water partition coefficient (Wildman–Crippen LogP) is 4.75. The largest absolute Gasteiger partial charge is 0.338 e. The summed E-state index contributed by atoms with van der Waals surface area (Å²) in [6.07, 6.45) is 3.52. The van der Waals surface area contributed by atoms with Crippen molar-refractivity contribution in [3.63, 3.8) is 0 Å². The fraction of sp³-hybridized carbons (Fsp3) is 0.261. The van der Waals surface area contributed by atoms with Gasteiger partial charge in [-0.05, 0) is 61.7 Å². The SMILES string of the molecule is Cc1ncc(-c2ccc(F)cc2)c(C2CCCN(C(=O)c3ccc(F)cc3)C2)n1. The number of piperidine rings is 1. The van der Waals surface area contributed by atoms with Crippen LogP contribution in [-0.4, -0.2) is 33.9 Å². The first-order valence-corrected chi connectivity index (χ1v) is 9.65. The summed E-state index contributed by atoms with van der Waals surface area (Å²) >= 11 is 0. The average molecular weight is 393 g/mol. The highest BCUT2D eigenvalue weighted by molar-refractivity contribution is 5.94. The van der Waals surface area contributed by atoms with Gasteiger partial charge in [0.25, 0.3) is 5.91 Å². The van der Waals surface area contributed by atoms with Crippen LogP contribution in [0.5, 0.6) is 0 Å². The first kappa shape index (κ1) is 19.2. The number of amides is 1. The molecule has 0 spiro atoms. The van der Waals surface area contributed by atoms with E-state index in [1.165, 1.54) is 36.4 Å². The summed E-state index contributed by atoms with van der Waals surface area (Å²) in [6.45, 7) is 3.02. The molecule has 1 unspecified atom stereocenters. The van der Waals surface area contributed by atoms with E-state index in [-0.39, 0.29) is 23.5 Å². The standard InChI is InChI=1S/C23H21F2N3O/c1-15-26-13-21(16-4-8-19(24)9-5-16)22(27-15)18-3-2-12-28(14-18)23(29)17-6-10-20(25)11-7-17/h4-11,13,18H,2-3,12,14H2,1H3. The molecule has 4 rings (SSSR count). The van der Waals surface area contributed by atoms with E-state index in [0.29, 0.717) is 24.5 Å². The predicted molar refractivity (Wildman–Crippen MR) is 106 cm³/mol. The molecule has 6 heteroatoms. The lowest BCUT2D eigenvalue weighted by atomic mass is 9.89. The maximum Gasteiger partial charge on any atom is 0.253 e. The minimum absolute atomic E-state index is 0.0508.